The number of ether oxygens (including phenoxy) is 2. The van der Waals surface area contributed by atoms with Gasteiger partial charge in [0.2, 0.25) is 0 Å². The van der Waals surface area contributed by atoms with E-state index in [9.17, 15) is 9.59 Å². The second kappa shape index (κ2) is 7.25. The minimum absolute atomic E-state index is 0.00428. The number of rotatable bonds is 5. The zero-order chi connectivity index (χ0) is 18.0. The Morgan fingerprint density at radius 3 is 2.84 bits per heavy atom. The van der Waals surface area contributed by atoms with Crippen molar-refractivity contribution < 1.29 is 28.6 Å². The van der Waals surface area contributed by atoms with Gasteiger partial charge in [-0.3, -0.25) is 4.79 Å². The smallest absolute Gasteiger partial charge is 0.334 e. The van der Waals surface area contributed by atoms with E-state index in [2.05, 4.69) is 0 Å². The minimum Gasteiger partial charge on any atom is -0.479 e. The molecule has 3 rings (SSSR count). The first-order valence-electron chi connectivity index (χ1n) is 8.23. The first-order valence-corrected chi connectivity index (χ1v) is 8.23. The van der Waals surface area contributed by atoms with Gasteiger partial charge in [-0.2, -0.15) is 0 Å². The third-order valence-corrected chi connectivity index (χ3v) is 4.08. The first kappa shape index (κ1) is 17.4. The van der Waals surface area contributed by atoms with Gasteiger partial charge in [0.05, 0.1) is 25.9 Å². The maximum absolute atomic E-state index is 12.9. The summed E-state index contributed by atoms with van der Waals surface area (Å²) in [6.45, 7) is 4.59. The van der Waals surface area contributed by atoms with Crippen molar-refractivity contribution in [1.29, 1.82) is 0 Å². The van der Waals surface area contributed by atoms with Crippen LogP contribution >= 0.6 is 0 Å². The number of aliphatic carboxylic acids is 1. The van der Waals surface area contributed by atoms with Crippen molar-refractivity contribution >= 4 is 22.8 Å². The molecule has 7 heteroatoms. The molecule has 1 aromatic heterocycles. The standard InChI is InChI=1S/C18H21NO6/c1-11(2)24-10-13-12-5-3-4-6-14(12)25-16(13)17(20)19-7-8-23-15(9-19)18(21)22/h3-6,11,15H,7-10H2,1-2H3,(H,21,22)/t15-/m1/s1. The number of carboxylic acids is 1. The highest BCUT2D eigenvalue weighted by atomic mass is 16.5. The van der Waals surface area contributed by atoms with E-state index in [1.54, 1.807) is 6.07 Å². The van der Waals surface area contributed by atoms with Crippen LogP contribution in [-0.2, 0) is 20.9 Å². The van der Waals surface area contributed by atoms with Gasteiger partial charge in [0, 0.05) is 17.5 Å². The van der Waals surface area contributed by atoms with Crippen LogP contribution in [0, 0.1) is 0 Å². The molecule has 0 radical (unpaired) electrons. The molecule has 25 heavy (non-hydrogen) atoms. The fourth-order valence-electron chi connectivity index (χ4n) is 2.79. The van der Waals surface area contributed by atoms with E-state index in [1.807, 2.05) is 32.0 Å². The molecule has 0 saturated carbocycles. The van der Waals surface area contributed by atoms with Crippen LogP contribution < -0.4 is 0 Å². The fourth-order valence-corrected chi connectivity index (χ4v) is 2.79. The van der Waals surface area contributed by atoms with E-state index in [4.69, 9.17) is 19.0 Å². The summed E-state index contributed by atoms with van der Waals surface area (Å²) in [4.78, 5) is 25.5. The summed E-state index contributed by atoms with van der Waals surface area (Å²) in [6, 6.07) is 7.39. The quantitative estimate of drug-likeness (QED) is 0.892. The molecule has 1 aromatic carbocycles. The number of carboxylic acid groups (broad SMARTS) is 1. The van der Waals surface area contributed by atoms with Crippen molar-refractivity contribution in [2.45, 2.75) is 32.7 Å². The molecule has 1 aliphatic heterocycles. The van der Waals surface area contributed by atoms with Crippen LogP contribution in [0.25, 0.3) is 11.0 Å². The molecule has 7 nitrogen and oxygen atoms in total. The first-order chi connectivity index (χ1) is 12.0. The topological polar surface area (TPSA) is 89.2 Å². The second-order valence-corrected chi connectivity index (χ2v) is 6.21. The molecule has 1 fully saturated rings. The van der Waals surface area contributed by atoms with Gasteiger partial charge in [-0.1, -0.05) is 18.2 Å². The number of benzene rings is 1. The van der Waals surface area contributed by atoms with Gasteiger partial charge in [0.1, 0.15) is 5.58 Å². The monoisotopic (exact) mass is 347 g/mol. The molecule has 1 N–H and O–H groups in total. The van der Waals surface area contributed by atoms with Crippen molar-refractivity contribution in [2.24, 2.45) is 0 Å². The van der Waals surface area contributed by atoms with E-state index in [0.29, 0.717) is 17.7 Å². The lowest BCUT2D eigenvalue weighted by molar-refractivity contribution is -0.154. The van der Waals surface area contributed by atoms with Crippen LogP contribution in [0.1, 0.15) is 30.0 Å². The lowest BCUT2D eigenvalue weighted by atomic mass is 10.1. The predicted molar refractivity (Wildman–Crippen MR) is 89.4 cm³/mol. The van der Waals surface area contributed by atoms with Gasteiger partial charge < -0.3 is 23.9 Å². The molecule has 1 aliphatic rings. The summed E-state index contributed by atoms with van der Waals surface area (Å²) >= 11 is 0. The Morgan fingerprint density at radius 2 is 2.12 bits per heavy atom. The van der Waals surface area contributed by atoms with Crippen LogP contribution in [0.5, 0.6) is 0 Å². The number of furan rings is 1. The van der Waals surface area contributed by atoms with Gasteiger partial charge in [0.25, 0.3) is 5.91 Å². The average molecular weight is 347 g/mol. The SMILES string of the molecule is CC(C)OCc1c(C(=O)N2CCO[C@@H](C(=O)O)C2)oc2ccccc12. The third kappa shape index (κ3) is 3.67. The molecule has 1 saturated heterocycles. The van der Waals surface area contributed by atoms with E-state index in [0.717, 1.165) is 5.39 Å². The average Bonchev–Trinajstić information content (AvgIpc) is 2.98. The molecule has 0 unspecified atom stereocenters. The van der Waals surface area contributed by atoms with E-state index in [-0.39, 0.29) is 37.5 Å². The van der Waals surface area contributed by atoms with E-state index in [1.165, 1.54) is 4.90 Å². The van der Waals surface area contributed by atoms with Crippen molar-refractivity contribution in [1.82, 2.24) is 4.90 Å². The Balaban J connectivity index is 1.92. The third-order valence-electron chi connectivity index (χ3n) is 4.08. The highest BCUT2D eigenvalue weighted by molar-refractivity contribution is 5.99. The normalized spacial score (nSPS) is 18.0. The van der Waals surface area contributed by atoms with Crippen LogP contribution in [0.3, 0.4) is 0 Å². The number of para-hydroxylation sites is 1. The number of carbonyl (C=O) groups is 2. The lowest BCUT2D eigenvalue weighted by Gasteiger charge is -2.30. The van der Waals surface area contributed by atoms with Gasteiger partial charge >= 0.3 is 5.97 Å². The predicted octanol–water partition coefficient (Wildman–Crippen LogP) is 2.28. The number of morpholine rings is 1. The fraction of sp³-hybridized carbons (Fsp3) is 0.444. The van der Waals surface area contributed by atoms with Crippen LogP contribution in [-0.4, -0.2) is 53.8 Å². The van der Waals surface area contributed by atoms with Gasteiger partial charge in [-0.25, -0.2) is 4.79 Å². The molecule has 0 spiro atoms. The Morgan fingerprint density at radius 1 is 1.36 bits per heavy atom. The molecule has 0 aliphatic carbocycles. The molecule has 0 bridgehead atoms. The maximum Gasteiger partial charge on any atom is 0.334 e. The van der Waals surface area contributed by atoms with Crippen molar-refractivity contribution in [3.63, 3.8) is 0 Å². The molecule has 1 amide bonds. The summed E-state index contributed by atoms with van der Waals surface area (Å²) in [6.07, 6.45) is -1.01. The Bertz CT molecular complexity index is 781. The number of hydrogen-bond donors (Lipinski definition) is 1. The van der Waals surface area contributed by atoms with Crippen molar-refractivity contribution in [3.05, 3.63) is 35.6 Å². The summed E-state index contributed by atoms with van der Waals surface area (Å²) in [5.41, 5.74) is 1.30. The molecule has 134 valence electrons. The maximum atomic E-state index is 12.9. The zero-order valence-electron chi connectivity index (χ0n) is 14.2. The summed E-state index contributed by atoms with van der Waals surface area (Å²) < 4.78 is 16.6. The Labute approximate surface area is 145 Å². The highest BCUT2D eigenvalue weighted by Crippen LogP contribution is 2.28. The summed E-state index contributed by atoms with van der Waals surface area (Å²) in [7, 11) is 0. The van der Waals surface area contributed by atoms with Crippen molar-refractivity contribution in [3.8, 4) is 0 Å². The Hall–Kier alpha value is -2.38. The van der Waals surface area contributed by atoms with E-state index >= 15 is 0 Å². The molecular formula is C18H21NO6. The van der Waals surface area contributed by atoms with Crippen molar-refractivity contribution in [2.75, 3.05) is 19.7 Å². The number of carbonyl (C=O) groups excluding carboxylic acids is 1. The van der Waals surface area contributed by atoms with Gasteiger partial charge in [-0.05, 0) is 19.9 Å². The van der Waals surface area contributed by atoms with E-state index < -0.39 is 12.1 Å². The number of amides is 1. The number of nitrogens with zero attached hydrogens (tertiary/aromatic N) is 1. The van der Waals surface area contributed by atoms with Gasteiger partial charge in [0.15, 0.2) is 11.9 Å². The molecule has 2 heterocycles. The molecule has 2 aromatic rings. The zero-order valence-corrected chi connectivity index (χ0v) is 14.2. The molecule has 1 atom stereocenters. The highest BCUT2D eigenvalue weighted by Gasteiger charge is 2.32. The lowest BCUT2D eigenvalue weighted by Crippen LogP contribution is -2.48. The summed E-state index contributed by atoms with van der Waals surface area (Å²) in [5.74, 6) is -1.22. The van der Waals surface area contributed by atoms with Gasteiger partial charge in [-0.15, -0.1) is 0 Å². The van der Waals surface area contributed by atoms with Crippen LogP contribution in [0.15, 0.2) is 28.7 Å². The van der Waals surface area contributed by atoms with Crippen LogP contribution in [0.2, 0.25) is 0 Å². The second-order valence-electron chi connectivity index (χ2n) is 6.21. The summed E-state index contributed by atoms with van der Waals surface area (Å²) in [5, 5.41) is 9.94. The minimum atomic E-state index is -1.08. The number of fused-ring (bicyclic) bond motifs is 1. The largest absolute Gasteiger partial charge is 0.479 e. The molecular weight excluding hydrogens is 326 g/mol. The Kier molecular flexibility index (Phi) is 5.06. The van der Waals surface area contributed by atoms with Crippen LogP contribution in [0.4, 0.5) is 0 Å². The number of hydrogen-bond acceptors (Lipinski definition) is 5.